The molecule has 1 atom stereocenters. The van der Waals surface area contributed by atoms with Crippen LogP contribution in [0.15, 0.2) is 48.5 Å². The molecule has 0 aliphatic carbocycles. The van der Waals surface area contributed by atoms with E-state index in [2.05, 4.69) is 5.32 Å². The first kappa shape index (κ1) is 23.5. The van der Waals surface area contributed by atoms with E-state index in [9.17, 15) is 9.59 Å². The van der Waals surface area contributed by atoms with E-state index in [1.165, 1.54) is 0 Å². The maximum Gasteiger partial charge on any atom is 0.261 e. The van der Waals surface area contributed by atoms with Crippen molar-refractivity contribution >= 4 is 11.8 Å². The normalized spacial score (nSPS) is 11.8. The van der Waals surface area contributed by atoms with Crippen LogP contribution in [0.3, 0.4) is 0 Å². The molecule has 0 heterocycles. The van der Waals surface area contributed by atoms with Crippen molar-refractivity contribution in [2.24, 2.45) is 5.92 Å². The van der Waals surface area contributed by atoms with E-state index in [0.717, 1.165) is 16.7 Å². The Balaban J connectivity index is 2.19. The molecule has 0 aromatic heterocycles. The molecule has 2 aromatic carbocycles. The zero-order valence-electron chi connectivity index (χ0n) is 18.8. The van der Waals surface area contributed by atoms with Crippen LogP contribution in [-0.2, 0) is 16.1 Å². The molecular weight excluding hydrogens is 376 g/mol. The molecule has 30 heavy (non-hydrogen) atoms. The van der Waals surface area contributed by atoms with Crippen molar-refractivity contribution in [3.63, 3.8) is 0 Å². The number of carbonyl (C=O) groups is 2. The van der Waals surface area contributed by atoms with Gasteiger partial charge in [-0.05, 0) is 43.4 Å². The van der Waals surface area contributed by atoms with Gasteiger partial charge in [0.2, 0.25) is 5.91 Å². The first-order valence-corrected chi connectivity index (χ1v) is 10.6. The lowest BCUT2D eigenvalue weighted by atomic mass is 10.1. The Labute approximate surface area is 180 Å². The number of hydrogen-bond acceptors (Lipinski definition) is 3. The minimum atomic E-state index is -0.543. The average molecular weight is 411 g/mol. The summed E-state index contributed by atoms with van der Waals surface area (Å²) in [6.07, 6.45) is 0.534. The number of hydrogen-bond donors (Lipinski definition) is 1. The average Bonchev–Trinajstić information content (AvgIpc) is 2.72. The van der Waals surface area contributed by atoms with Crippen molar-refractivity contribution in [1.82, 2.24) is 10.2 Å². The molecule has 0 spiro atoms. The van der Waals surface area contributed by atoms with Gasteiger partial charge in [0, 0.05) is 13.1 Å². The zero-order valence-corrected chi connectivity index (χ0v) is 18.8. The topological polar surface area (TPSA) is 58.6 Å². The van der Waals surface area contributed by atoms with Crippen LogP contribution in [-0.4, -0.2) is 35.9 Å². The lowest BCUT2D eigenvalue weighted by molar-refractivity contribution is -0.143. The monoisotopic (exact) mass is 410 g/mol. The van der Waals surface area contributed by atoms with Gasteiger partial charge in [0.1, 0.15) is 11.8 Å². The van der Waals surface area contributed by atoms with Crippen LogP contribution in [0.25, 0.3) is 0 Å². The second-order valence-corrected chi connectivity index (χ2v) is 8.12. The van der Waals surface area contributed by atoms with Gasteiger partial charge in [-0.2, -0.15) is 0 Å². The van der Waals surface area contributed by atoms with E-state index < -0.39 is 6.04 Å². The molecular formula is C25H34N2O3. The van der Waals surface area contributed by atoms with Crippen molar-refractivity contribution in [2.45, 2.75) is 53.6 Å². The third-order valence-electron chi connectivity index (χ3n) is 4.99. The molecule has 0 saturated carbocycles. The van der Waals surface area contributed by atoms with Gasteiger partial charge in [0.25, 0.3) is 5.91 Å². The third kappa shape index (κ3) is 6.90. The predicted molar refractivity (Wildman–Crippen MR) is 120 cm³/mol. The second kappa shape index (κ2) is 11.4. The number of aryl methyl sites for hydroxylation is 2. The van der Waals surface area contributed by atoms with E-state index in [-0.39, 0.29) is 18.4 Å². The number of para-hydroxylation sites is 1. The quantitative estimate of drug-likeness (QED) is 0.637. The molecule has 5 heteroatoms. The molecule has 162 valence electrons. The Hall–Kier alpha value is -2.82. The van der Waals surface area contributed by atoms with Crippen molar-refractivity contribution in [1.29, 1.82) is 0 Å². The highest BCUT2D eigenvalue weighted by molar-refractivity contribution is 5.88. The highest BCUT2D eigenvalue weighted by Crippen LogP contribution is 2.18. The fourth-order valence-electron chi connectivity index (χ4n) is 3.17. The number of ether oxygens (including phenoxy) is 1. The summed E-state index contributed by atoms with van der Waals surface area (Å²) < 4.78 is 5.79. The summed E-state index contributed by atoms with van der Waals surface area (Å²) in [5, 5.41) is 2.97. The third-order valence-corrected chi connectivity index (χ3v) is 4.99. The largest absolute Gasteiger partial charge is 0.484 e. The number of nitrogens with zero attached hydrogens (tertiary/aromatic N) is 1. The molecule has 5 nitrogen and oxygen atoms in total. The van der Waals surface area contributed by atoms with Crippen LogP contribution in [0.1, 0.15) is 43.9 Å². The fraction of sp³-hybridized carbons (Fsp3) is 0.440. The lowest BCUT2D eigenvalue weighted by Crippen LogP contribution is -2.50. The summed E-state index contributed by atoms with van der Waals surface area (Å²) in [7, 11) is 0. The number of nitrogens with one attached hydrogen (secondary N) is 1. The molecule has 2 aromatic rings. The van der Waals surface area contributed by atoms with E-state index in [0.29, 0.717) is 31.2 Å². The summed E-state index contributed by atoms with van der Waals surface area (Å²) >= 11 is 0. The highest BCUT2D eigenvalue weighted by atomic mass is 16.5. The molecule has 2 amide bonds. The second-order valence-electron chi connectivity index (χ2n) is 8.12. The van der Waals surface area contributed by atoms with E-state index in [4.69, 9.17) is 4.74 Å². The molecule has 0 saturated heterocycles. The molecule has 2 rings (SSSR count). The predicted octanol–water partition coefficient (Wildman–Crippen LogP) is 4.26. The summed E-state index contributed by atoms with van der Waals surface area (Å²) in [6, 6.07) is 15.1. The molecule has 1 N–H and O–H groups in total. The number of amides is 2. The Morgan fingerprint density at radius 1 is 1.03 bits per heavy atom. The van der Waals surface area contributed by atoms with Crippen molar-refractivity contribution in [3.05, 3.63) is 65.2 Å². The van der Waals surface area contributed by atoms with Crippen molar-refractivity contribution in [2.75, 3.05) is 13.2 Å². The summed E-state index contributed by atoms with van der Waals surface area (Å²) in [5.41, 5.74) is 3.11. The van der Waals surface area contributed by atoms with E-state index >= 15 is 0 Å². The van der Waals surface area contributed by atoms with Gasteiger partial charge in [0.05, 0.1) is 0 Å². The minimum Gasteiger partial charge on any atom is -0.484 e. The van der Waals surface area contributed by atoms with Crippen LogP contribution in [0.2, 0.25) is 0 Å². The van der Waals surface area contributed by atoms with Crippen LogP contribution < -0.4 is 10.1 Å². The summed E-state index contributed by atoms with van der Waals surface area (Å²) in [4.78, 5) is 27.7. The smallest absolute Gasteiger partial charge is 0.261 e. The number of rotatable bonds is 10. The van der Waals surface area contributed by atoms with Crippen LogP contribution >= 0.6 is 0 Å². The lowest BCUT2D eigenvalue weighted by Gasteiger charge is -2.31. The minimum absolute atomic E-state index is 0.106. The number of carbonyl (C=O) groups excluding carboxylic acids is 2. The van der Waals surface area contributed by atoms with Gasteiger partial charge in [-0.3, -0.25) is 9.59 Å². The summed E-state index contributed by atoms with van der Waals surface area (Å²) in [6.45, 7) is 10.8. The Kier molecular flexibility index (Phi) is 8.90. The molecule has 1 unspecified atom stereocenters. The highest BCUT2D eigenvalue weighted by Gasteiger charge is 2.29. The van der Waals surface area contributed by atoms with Crippen LogP contribution in [0, 0.1) is 19.8 Å². The SMILES string of the molecule is CCC(C(=O)NCC(C)C)N(Cc1ccc(C)cc1)C(=O)COc1ccccc1C. The van der Waals surface area contributed by atoms with E-state index in [1.54, 1.807) is 4.90 Å². The van der Waals surface area contributed by atoms with E-state index in [1.807, 2.05) is 83.1 Å². The molecule has 0 aliphatic heterocycles. The first-order valence-electron chi connectivity index (χ1n) is 10.6. The molecule has 0 aliphatic rings. The van der Waals surface area contributed by atoms with Gasteiger partial charge >= 0.3 is 0 Å². The maximum absolute atomic E-state index is 13.2. The Morgan fingerprint density at radius 2 is 1.70 bits per heavy atom. The molecule has 0 bridgehead atoms. The van der Waals surface area contributed by atoms with Gasteiger partial charge in [0.15, 0.2) is 6.61 Å². The first-order chi connectivity index (χ1) is 14.3. The fourth-order valence-corrected chi connectivity index (χ4v) is 3.17. The van der Waals surface area contributed by atoms with Crippen LogP contribution in [0.4, 0.5) is 0 Å². The van der Waals surface area contributed by atoms with Gasteiger partial charge < -0.3 is 15.0 Å². The Bertz CT molecular complexity index is 831. The van der Waals surface area contributed by atoms with Gasteiger partial charge in [-0.15, -0.1) is 0 Å². The summed E-state index contributed by atoms with van der Waals surface area (Å²) in [5.74, 6) is 0.698. The molecule has 0 fully saturated rings. The number of benzene rings is 2. The standard InChI is InChI=1S/C25H34N2O3/c1-6-22(25(29)26-15-18(2)3)27(16-21-13-11-19(4)12-14-21)24(28)17-30-23-10-8-7-9-20(23)5/h7-14,18,22H,6,15-17H2,1-5H3,(H,26,29). The maximum atomic E-state index is 13.2. The Morgan fingerprint density at radius 3 is 2.30 bits per heavy atom. The van der Waals surface area contributed by atoms with Crippen molar-refractivity contribution in [3.8, 4) is 5.75 Å². The zero-order chi connectivity index (χ0) is 22.1. The van der Waals surface area contributed by atoms with Gasteiger partial charge in [-0.1, -0.05) is 68.8 Å². The van der Waals surface area contributed by atoms with Gasteiger partial charge in [-0.25, -0.2) is 0 Å². The molecule has 0 radical (unpaired) electrons. The van der Waals surface area contributed by atoms with Crippen LogP contribution in [0.5, 0.6) is 5.75 Å². The van der Waals surface area contributed by atoms with Crippen molar-refractivity contribution < 1.29 is 14.3 Å².